The van der Waals surface area contributed by atoms with Gasteiger partial charge in [0.25, 0.3) is 5.91 Å². The molecule has 0 fully saturated rings. The van der Waals surface area contributed by atoms with E-state index in [0.29, 0.717) is 15.6 Å². The molecular formula is C18H16Cl2FN5O2. The van der Waals surface area contributed by atoms with Gasteiger partial charge in [0.05, 0.1) is 12.2 Å². The fourth-order valence-electron chi connectivity index (χ4n) is 3.25. The fraction of sp³-hybridized carbons (Fsp3) is 0.333. The molecule has 1 heterocycles. The number of hydrogen-bond acceptors (Lipinski definition) is 4. The molecule has 2 N–H and O–H groups in total. The largest absolute Gasteiger partial charge is 0.383 e. The van der Waals surface area contributed by atoms with E-state index < -0.39 is 17.2 Å². The van der Waals surface area contributed by atoms with Crippen molar-refractivity contribution in [2.24, 2.45) is 5.11 Å². The molecule has 0 saturated heterocycles. The average Bonchev–Trinajstić information content (AvgIpc) is 2.69. The summed E-state index contributed by atoms with van der Waals surface area (Å²) >= 11 is 11.9. The Labute approximate surface area is 170 Å². The van der Waals surface area contributed by atoms with Gasteiger partial charge in [-0.2, -0.15) is 0 Å². The minimum atomic E-state index is -2.38. The maximum absolute atomic E-state index is 15.8. The van der Waals surface area contributed by atoms with Gasteiger partial charge in [0.1, 0.15) is 5.60 Å². The maximum atomic E-state index is 15.8. The molecular weight excluding hydrogens is 408 g/mol. The third kappa shape index (κ3) is 3.77. The highest BCUT2D eigenvalue weighted by atomic mass is 35.5. The Bertz CT molecular complexity index is 969. The summed E-state index contributed by atoms with van der Waals surface area (Å²) in [5.74, 6) is -0.862. The van der Waals surface area contributed by atoms with Crippen LogP contribution in [0.1, 0.15) is 29.7 Å². The molecule has 1 aromatic heterocycles. The lowest BCUT2D eigenvalue weighted by Crippen LogP contribution is -2.48. The molecule has 10 heteroatoms. The molecule has 0 unspecified atom stereocenters. The van der Waals surface area contributed by atoms with E-state index >= 15 is 4.39 Å². The number of carbonyl (C=O) groups is 1. The van der Waals surface area contributed by atoms with Gasteiger partial charge in [0.2, 0.25) is 5.67 Å². The lowest BCUT2D eigenvalue weighted by molar-refractivity contribution is -0.137. The quantitative estimate of drug-likeness (QED) is 0.427. The van der Waals surface area contributed by atoms with Gasteiger partial charge in [-0.25, -0.2) is 4.39 Å². The number of nitrogens with zero attached hydrogens (tertiary/aromatic N) is 4. The summed E-state index contributed by atoms with van der Waals surface area (Å²) in [5, 5.41) is 17.5. The van der Waals surface area contributed by atoms with Gasteiger partial charge >= 0.3 is 0 Å². The predicted molar refractivity (Wildman–Crippen MR) is 102 cm³/mol. The Morgan fingerprint density at radius 2 is 2.18 bits per heavy atom. The zero-order valence-corrected chi connectivity index (χ0v) is 16.1. The number of carbonyl (C=O) groups excluding carboxylic acids is 1. The third-order valence-corrected chi connectivity index (χ3v) is 5.36. The van der Waals surface area contributed by atoms with Crippen molar-refractivity contribution in [2.75, 3.05) is 6.54 Å². The van der Waals surface area contributed by atoms with Crippen LogP contribution >= 0.6 is 23.2 Å². The molecule has 146 valence electrons. The van der Waals surface area contributed by atoms with Gasteiger partial charge in [-0.1, -0.05) is 40.4 Å². The lowest BCUT2D eigenvalue weighted by Gasteiger charge is -2.38. The minimum Gasteiger partial charge on any atom is -0.383 e. The standard InChI is InChI=1S/C18H16Cl2FN5O2/c19-12-4-3-11(14(20)8-12)9-24-16(27)18(21)6-5-17(28,10-25-26-22)15-13(18)2-1-7-23-15/h1-4,7-8,28H,5-6,9-10H2,(H,24,27)/t17-,18-/m0/s1. The van der Waals surface area contributed by atoms with Gasteiger partial charge in [-0.05, 0) is 42.1 Å². The van der Waals surface area contributed by atoms with Gasteiger partial charge in [0.15, 0.2) is 0 Å². The van der Waals surface area contributed by atoms with E-state index in [4.69, 9.17) is 28.7 Å². The Kier molecular flexibility index (Phi) is 5.76. The second-order valence-corrected chi connectivity index (χ2v) is 7.38. The van der Waals surface area contributed by atoms with Crippen LogP contribution in [0.3, 0.4) is 0 Å². The predicted octanol–water partition coefficient (Wildman–Crippen LogP) is 4.16. The molecule has 0 saturated carbocycles. The number of azide groups is 1. The second kappa shape index (κ2) is 7.93. The first kappa shape index (κ1) is 20.4. The van der Waals surface area contributed by atoms with Crippen molar-refractivity contribution in [1.82, 2.24) is 10.3 Å². The molecule has 1 aliphatic carbocycles. The Morgan fingerprint density at radius 3 is 2.89 bits per heavy atom. The molecule has 2 aromatic rings. The van der Waals surface area contributed by atoms with Crippen molar-refractivity contribution < 1.29 is 14.3 Å². The molecule has 0 bridgehead atoms. The van der Waals surface area contributed by atoms with Crippen molar-refractivity contribution in [3.8, 4) is 0 Å². The van der Waals surface area contributed by atoms with Gasteiger partial charge < -0.3 is 10.4 Å². The van der Waals surface area contributed by atoms with Crippen molar-refractivity contribution in [3.05, 3.63) is 73.8 Å². The van der Waals surface area contributed by atoms with E-state index in [9.17, 15) is 9.90 Å². The van der Waals surface area contributed by atoms with Crippen molar-refractivity contribution in [3.63, 3.8) is 0 Å². The zero-order valence-electron chi connectivity index (χ0n) is 14.6. The molecule has 1 amide bonds. The van der Waals surface area contributed by atoms with Gasteiger partial charge in [-0.15, -0.1) is 0 Å². The number of hydrogen-bond donors (Lipinski definition) is 2. The number of benzene rings is 1. The summed E-state index contributed by atoms with van der Waals surface area (Å²) in [6, 6.07) is 7.68. The van der Waals surface area contributed by atoms with E-state index in [-0.39, 0.29) is 37.2 Å². The van der Waals surface area contributed by atoms with Crippen LogP contribution in [0, 0.1) is 0 Å². The topological polar surface area (TPSA) is 111 Å². The van der Waals surface area contributed by atoms with Crippen LogP contribution in [0.4, 0.5) is 4.39 Å². The number of alkyl halides is 1. The number of fused-ring (bicyclic) bond motifs is 1. The summed E-state index contributed by atoms with van der Waals surface area (Å²) in [6.07, 6.45) is 0.974. The molecule has 7 nitrogen and oxygen atoms in total. The summed E-state index contributed by atoms with van der Waals surface area (Å²) in [6.45, 7) is -0.287. The molecule has 3 rings (SSSR count). The second-order valence-electron chi connectivity index (χ2n) is 6.54. The average molecular weight is 424 g/mol. The van der Waals surface area contributed by atoms with Gasteiger partial charge in [-0.3, -0.25) is 9.78 Å². The molecule has 1 aliphatic rings. The number of rotatable bonds is 5. The van der Waals surface area contributed by atoms with E-state index in [0.717, 1.165) is 0 Å². The highest BCUT2D eigenvalue weighted by Gasteiger charge is 2.51. The van der Waals surface area contributed by atoms with Crippen LogP contribution < -0.4 is 5.32 Å². The van der Waals surface area contributed by atoms with Crippen molar-refractivity contribution in [1.29, 1.82) is 0 Å². The fourth-order valence-corrected chi connectivity index (χ4v) is 3.72. The number of aliphatic hydroxyl groups is 1. The number of amides is 1. The van der Waals surface area contributed by atoms with E-state index in [1.807, 2.05) is 0 Å². The molecule has 1 aromatic carbocycles. The smallest absolute Gasteiger partial charge is 0.262 e. The van der Waals surface area contributed by atoms with E-state index in [1.165, 1.54) is 24.4 Å². The van der Waals surface area contributed by atoms with Crippen LogP contribution in [0.15, 0.2) is 41.6 Å². The van der Waals surface area contributed by atoms with Gasteiger partial charge in [0, 0.05) is 33.3 Å². The molecule has 28 heavy (non-hydrogen) atoms. The summed E-state index contributed by atoms with van der Waals surface area (Å²) < 4.78 is 15.8. The van der Waals surface area contributed by atoms with Crippen LogP contribution in [0.5, 0.6) is 0 Å². The SMILES string of the molecule is [N-]=[N+]=NC[C@@]1(O)CC[C@@](F)(C(=O)NCc2ccc(Cl)cc2Cl)c2cccnc21. The van der Waals surface area contributed by atoms with Crippen molar-refractivity contribution >= 4 is 29.1 Å². The monoisotopic (exact) mass is 423 g/mol. The van der Waals surface area contributed by atoms with Crippen LogP contribution in [-0.2, 0) is 22.6 Å². The highest BCUT2D eigenvalue weighted by Crippen LogP contribution is 2.45. The number of aromatic nitrogens is 1. The first-order chi connectivity index (χ1) is 13.3. The van der Waals surface area contributed by atoms with E-state index in [2.05, 4.69) is 20.3 Å². The van der Waals surface area contributed by atoms with Crippen LogP contribution in [0.25, 0.3) is 10.4 Å². The Morgan fingerprint density at radius 1 is 1.39 bits per heavy atom. The highest BCUT2D eigenvalue weighted by molar-refractivity contribution is 6.35. The molecule has 2 atom stereocenters. The number of nitrogens with one attached hydrogen (secondary N) is 1. The summed E-state index contributed by atoms with van der Waals surface area (Å²) in [5.41, 5.74) is 5.07. The van der Waals surface area contributed by atoms with Crippen molar-refractivity contribution in [2.45, 2.75) is 30.7 Å². The number of halogens is 3. The Hall–Kier alpha value is -2.38. The van der Waals surface area contributed by atoms with Crippen LogP contribution in [0.2, 0.25) is 10.0 Å². The summed E-state index contributed by atoms with van der Waals surface area (Å²) in [7, 11) is 0. The Balaban J connectivity index is 1.87. The summed E-state index contributed by atoms with van der Waals surface area (Å²) in [4.78, 5) is 19.4. The maximum Gasteiger partial charge on any atom is 0.262 e. The molecule has 0 aliphatic heterocycles. The molecule has 0 radical (unpaired) electrons. The normalized spacial score (nSPS) is 23.4. The zero-order chi connectivity index (χ0) is 20.4. The van der Waals surface area contributed by atoms with Crippen LogP contribution in [-0.4, -0.2) is 22.5 Å². The molecule has 0 spiro atoms. The third-order valence-electron chi connectivity index (χ3n) is 4.77. The van der Waals surface area contributed by atoms with E-state index in [1.54, 1.807) is 12.1 Å². The minimum absolute atomic E-state index is 0.00387. The first-order valence-corrected chi connectivity index (χ1v) is 9.16. The lowest BCUT2D eigenvalue weighted by atomic mass is 9.74. The number of pyridine rings is 1. The first-order valence-electron chi connectivity index (χ1n) is 8.40.